The van der Waals surface area contributed by atoms with Gasteiger partial charge in [-0.05, 0) is 30.5 Å². The van der Waals surface area contributed by atoms with Crippen molar-refractivity contribution in [3.63, 3.8) is 0 Å². The molecule has 7 heteroatoms. The molecule has 0 radical (unpaired) electrons. The van der Waals surface area contributed by atoms with Gasteiger partial charge in [0.05, 0.1) is 12.8 Å². The minimum Gasteiger partial charge on any atom is -0.459 e. The van der Waals surface area contributed by atoms with Crippen LogP contribution in [0.2, 0.25) is 0 Å². The van der Waals surface area contributed by atoms with E-state index >= 15 is 0 Å². The quantitative estimate of drug-likeness (QED) is 0.632. The van der Waals surface area contributed by atoms with Crippen molar-refractivity contribution < 1.29 is 9.21 Å². The number of nitrogens with zero attached hydrogens (tertiary/aromatic N) is 3. The van der Waals surface area contributed by atoms with Gasteiger partial charge in [-0.15, -0.1) is 11.3 Å². The zero-order valence-electron chi connectivity index (χ0n) is 16.3. The highest BCUT2D eigenvalue weighted by Crippen LogP contribution is 2.27. The van der Waals surface area contributed by atoms with E-state index in [1.54, 1.807) is 23.5 Å². The van der Waals surface area contributed by atoms with Crippen LogP contribution in [0.1, 0.15) is 36.2 Å². The first kappa shape index (κ1) is 19.5. The topological polar surface area (TPSA) is 61.1 Å². The number of carbonyl (C=O) groups excluding carboxylic acids is 1. The van der Waals surface area contributed by atoms with Crippen molar-refractivity contribution in [3.8, 4) is 0 Å². The predicted molar refractivity (Wildman–Crippen MR) is 110 cm³/mol. The van der Waals surface area contributed by atoms with Crippen LogP contribution < -0.4 is 5.32 Å². The third-order valence-corrected chi connectivity index (χ3v) is 5.98. The molecule has 2 aromatic heterocycles. The minimum absolute atomic E-state index is 0.00587. The molecule has 0 saturated carbocycles. The Balaban J connectivity index is 1.62. The highest BCUT2D eigenvalue weighted by atomic mass is 32.1. The lowest BCUT2D eigenvalue weighted by atomic mass is 9.92. The van der Waals surface area contributed by atoms with Crippen molar-refractivity contribution in [1.82, 2.24) is 15.1 Å². The summed E-state index contributed by atoms with van der Waals surface area (Å²) in [6.07, 6.45) is 1.54. The molecule has 6 nitrogen and oxygen atoms in total. The van der Waals surface area contributed by atoms with Crippen LogP contribution in [0.3, 0.4) is 0 Å². The summed E-state index contributed by atoms with van der Waals surface area (Å²) in [6, 6.07) is 7.72. The number of carbonyl (C=O) groups is 1. The second-order valence-corrected chi connectivity index (χ2v) is 8.24. The summed E-state index contributed by atoms with van der Waals surface area (Å²) in [5, 5.41) is 5.51. The van der Waals surface area contributed by atoms with Crippen molar-refractivity contribution in [2.24, 2.45) is 4.99 Å². The largest absolute Gasteiger partial charge is 0.459 e. The van der Waals surface area contributed by atoms with Gasteiger partial charge in [-0.2, -0.15) is 0 Å². The van der Waals surface area contributed by atoms with E-state index in [0.29, 0.717) is 18.8 Å². The summed E-state index contributed by atoms with van der Waals surface area (Å²) in [5.41, 5.74) is 0.00587. The Morgan fingerprint density at radius 2 is 1.96 bits per heavy atom. The van der Waals surface area contributed by atoms with Crippen LogP contribution in [0.25, 0.3) is 0 Å². The monoisotopic (exact) mass is 388 g/mol. The number of rotatable bonds is 5. The third-order valence-electron chi connectivity index (χ3n) is 4.75. The van der Waals surface area contributed by atoms with Crippen LogP contribution in [0.5, 0.6) is 0 Å². The Bertz CT molecular complexity index is 745. The molecule has 27 heavy (non-hydrogen) atoms. The average molecular weight is 389 g/mol. The molecule has 0 spiro atoms. The van der Waals surface area contributed by atoms with E-state index in [2.05, 4.69) is 48.5 Å². The Hall–Kier alpha value is -2.28. The van der Waals surface area contributed by atoms with Crippen molar-refractivity contribution in [2.75, 3.05) is 39.3 Å². The van der Waals surface area contributed by atoms with Crippen LogP contribution in [-0.4, -0.2) is 60.9 Å². The molecule has 1 fully saturated rings. The molecular weight excluding hydrogens is 360 g/mol. The first-order valence-electron chi connectivity index (χ1n) is 9.41. The maximum atomic E-state index is 12.4. The van der Waals surface area contributed by atoms with E-state index in [0.717, 1.165) is 32.1 Å². The van der Waals surface area contributed by atoms with Gasteiger partial charge in [0.2, 0.25) is 0 Å². The van der Waals surface area contributed by atoms with Gasteiger partial charge in [0.15, 0.2) is 11.7 Å². The van der Waals surface area contributed by atoms with Gasteiger partial charge < -0.3 is 19.5 Å². The van der Waals surface area contributed by atoms with E-state index in [9.17, 15) is 4.79 Å². The number of thiophene rings is 1. The van der Waals surface area contributed by atoms with Crippen LogP contribution in [-0.2, 0) is 5.41 Å². The number of amides is 1. The summed E-state index contributed by atoms with van der Waals surface area (Å²) in [6.45, 7) is 10.9. The number of hydrogen-bond donors (Lipinski definition) is 1. The summed E-state index contributed by atoms with van der Waals surface area (Å²) in [5.74, 6) is 1.29. The molecule has 3 rings (SSSR count). The molecule has 0 bridgehead atoms. The van der Waals surface area contributed by atoms with Crippen molar-refractivity contribution in [1.29, 1.82) is 0 Å². The molecule has 146 valence electrons. The second-order valence-electron chi connectivity index (χ2n) is 7.29. The maximum absolute atomic E-state index is 12.4. The molecule has 1 N–H and O–H groups in total. The van der Waals surface area contributed by atoms with Gasteiger partial charge in [0.25, 0.3) is 5.91 Å². The Morgan fingerprint density at radius 3 is 2.56 bits per heavy atom. The highest BCUT2D eigenvalue weighted by molar-refractivity contribution is 7.10. The van der Waals surface area contributed by atoms with Gasteiger partial charge in [-0.1, -0.05) is 19.9 Å². The number of hydrogen-bond acceptors (Lipinski definition) is 4. The summed E-state index contributed by atoms with van der Waals surface area (Å²) >= 11 is 1.78. The normalized spacial score (nSPS) is 15.9. The molecule has 0 atom stereocenters. The van der Waals surface area contributed by atoms with Crippen LogP contribution in [0, 0.1) is 0 Å². The minimum atomic E-state index is -0.0413. The number of aliphatic imine (C=N–C) groups is 1. The molecule has 0 aliphatic carbocycles. The van der Waals surface area contributed by atoms with Gasteiger partial charge in [-0.25, -0.2) is 0 Å². The molecule has 3 heterocycles. The van der Waals surface area contributed by atoms with E-state index in [4.69, 9.17) is 9.41 Å². The highest BCUT2D eigenvalue weighted by Gasteiger charge is 2.26. The smallest absolute Gasteiger partial charge is 0.289 e. The molecule has 1 aliphatic rings. The standard InChI is InChI=1S/C20H28N4O2S/c1-4-21-19(22-15-20(2,3)17-8-6-14-27-17)24-11-9-23(10-12-24)18(25)16-7-5-13-26-16/h5-8,13-14H,4,9-12,15H2,1-3H3,(H,21,22). The first-order valence-corrected chi connectivity index (χ1v) is 10.3. The molecular formula is C20H28N4O2S. The lowest BCUT2D eigenvalue weighted by Crippen LogP contribution is -2.54. The lowest BCUT2D eigenvalue weighted by molar-refractivity contribution is 0.0657. The second kappa shape index (κ2) is 8.61. The van der Waals surface area contributed by atoms with Crippen LogP contribution in [0.15, 0.2) is 45.3 Å². The summed E-state index contributed by atoms with van der Waals surface area (Å²) < 4.78 is 5.23. The molecule has 1 amide bonds. The van der Waals surface area contributed by atoms with Crippen molar-refractivity contribution in [3.05, 3.63) is 46.5 Å². The lowest BCUT2D eigenvalue weighted by Gasteiger charge is -2.36. The molecule has 0 unspecified atom stereocenters. The van der Waals surface area contributed by atoms with E-state index in [-0.39, 0.29) is 11.3 Å². The zero-order valence-corrected chi connectivity index (χ0v) is 17.1. The number of nitrogens with one attached hydrogen (secondary N) is 1. The fraction of sp³-hybridized carbons (Fsp3) is 0.500. The van der Waals surface area contributed by atoms with E-state index in [1.807, 2.05) is 4.90 Å². The van der Waals surface area contributed by atoms with E-state index < -0.39 is 0 Å². The number of guanidine groups is 1. The van der Waals surface area contributed by atoms with Crippen molar-refractivity contribution >= 4 is 23.2 Å². The van der Waals surface area contributed by atoms with Gasteiger partial charge >= 0.3 is 0 Å². The molecule has 1 aliphatic heterocycles. The maximum Gasteiger partial charge on any atom is 0.289 e. The van der Waals surface area contributed by atoms with E-state index in [1.165, 1.54) is 11.1 Å². The number of piperazine rings is 1. The first-order chi connectivity index (χ1) is 13.0. The molecule has 0 aromatic carbocycles. The molecule has 2 aromatic rings. The Morgan fingerprint density at radius 1 is 1.22 bits per heavy atom. The fourth-order valence-corrected chi connectivity index (χ4v) is 3.96. The summed E-state index contributed by atoms with van der Waals surface area (Å²) in [4.78, 5) is 22.7. The van der Waals surface area contributed by atoms with Gasteiger partial charge in [-0.3, -0.25) is 9.79 Å². The molecule has 1 saturated heterocycles. The van der Waals surface area contributed by atoms with Crippen molar-refractivity contribution in [2.45, 2.75) is 26.2 Å². The van der Waals surface area contributed by atoms with Gasteiger partial charge in [0, 0.05) is 43.0 Å². The fourth-order valence-electron chi connectivity index (χ4n) is 3.12. The predicted octanol–water partition coefficient (Wildman–Crippen LogP) is 3.04. The number of furan rings is 1. The zero-order chi connectivity index (χ0) is 19.3. The van der Waals surface area contributed by atoms with Crippen LogP contribution >= 0.6 is 11.3 Å². The Labute approximate surface area is 164 Å². The Kier molecular flexibility index (Phi) is 6.21. The van der Waals surface area contributed by atoms with Gasteiger partial charge in [0.1, 0.15) is 0 Å². The third kappa shape index (κ3) is 4.71. The summed E-state index contributed by atoms with van der Waals surface area (Å²) in [7, 11) is 0. The SMILES string of the molecule is CCNC(=NCC(C)(C)c1cccs1)N1CCN(C(=O)c2ccco2)CC1. The van der Waals surface area contributed by atoms with Crippen LogP contribution in [0.4, 0.5) is 0 Å². The average Bonchev–Trinajstić information content (AvgIpc) is 3.39.